The number of aromatic amines is 4. The molecule has 0 saturated carbocycles. The van der Waals surface area contributed by atoms with E-state index < -0.39 is 0 Å². The summed E-state index contributed by atoms with van der Waals surface area (Å²) >= 11 is 0. The van der Waals surface area contributed by atoms with Gasteiger partial charge in [-0.3, -0.25) is 18.3 Å². The molecule has 0 atom stereocenters. The average Bonchev–Trinajstić information content (AvgIpc) is 1.67. The SMILES string of the molecule is Cc1cccnc1-n1c2ccc1cc1nc(cc3ccc(cc4nc(c2)C=C4)[nH]3)C=C1.Cc1cccnc1-n1c2ccc1cc1nc(cc3ccc(cc4nc(c2)C=C4)[nH]3)C=C1.Cc1cccnc1-n1c2ccc1cc1nc(cc3ccc(cc4nc(c2)C=C4)[nH]3)C=C1.Cc1cccnc1-n1c2ccc1cc1nc(cc3ccc(cc4nc(c2)C=C4)[nH]3)C=C1.[Fe+3]. The van der Waals surface area contributed by atoms with Gasteiger partial charge < -0.3 is 19.9 Å². The summed E-state index contributed by atoms with van der Waals surface area (Å²) in [5, 5.41) is 0. The molecule has 4 N–H and O–H groups in total. The van der Waals surface area contributed by atoms with Gasteiger partial charge in [-0.25, -0.2) is 59.8 Å². The van der Waals surface area contributed by atoms with E-state index in [4.69, 9.17) is 39.9 Å². The monoisotopic (exact) mass is 1660 g/mol. The van der Waals surface area contributed by atoms with Crippen LogP contribution in [0, 0.1) is 27.7 Å². The number of nitrogens with zero attached hydrogens (tertiary/aromatic N) is 16. The third kappa shape index (κ3) is 16.7. The molecular weight excluding hydrogens is 1590 g/mol. The van der Waals surface area contributed by atoms with Crippen molar-refractivity contribution in [1.82, 2.24) is 98.0 Å². The molecule has 125 heavy (non-hydrogen) atoms. The number of hydrogen-bond donors (Lipinski definition) is 4. The second-order valence-corrected chi connectivity index (χ2v) is 30.8. The predicted octanol–water partition coefficient (Wildman–Crippen LogP) is 23.3. The molecule has 0 unspecified atom stereocenters. The standard InChI is InChI=1S/4C26H19N5.Fe/c4*1-17-3-2-12-27-26(17)31-24-10-11-25(31)16-23-9-7-21(30-23)14-19-5-4-18(28-19)13-20-6-8-22(15-24)29-20;/h4*2-16,28H,1H3;/q;;;;+3. The number of fused-ring (bicyclic) bond motifs is 32. The number of H-pyrrole nitrogens is 4. The molecule has 8 aliphatic rings. The van der Waals surface area contributed by atoms with E-state index in [2.05, 4.69) is 256 Å². The van der Waals surface area contributed by atoms with Crippen LogP contribution in [0.25, 0.3) is 209 Å². The fourth-order valence-electron chi connectivity index (χ4n) is 15.9. The van der Waals surface area contributed by atoms with Crippen LogP contribution in [-0.2, 0) is 17.1 Å². The summed E-state index contributed by atoms with van der Waals surface area (Å²) in [5.74, 6) is 3.61. The minimum atomic E-state index is 0. The molecular formula is C104H76FeN20+3. The summed E-state index contributed by atoms with van der Waals surface area (Å²) in [4.78, 5) is 70.5. The van der Waals surface area contributed by atoms with Crippen molar-refractivity contribution in [2.24, 2.45) is 0 Å². The third-order valence-corrected chi connectivity index (χ3v) is 21.7. The van der Waals surface area contributed by atoms with E-state index in [1.54, 1.807) is 0 Å². The summed E-state index contributed by atoms with van der Waals surface area (Å²) < 4.78 is 8.64. The van der Waals surface area contributed by atoms with Crippen molar-refractivity contribution in [2.45, 2.75) is 27.7 Å². The predicted molar refractivity (Wildman–Crippen MR) is 505 cm³/mol. The Balaban J connectivity index is 0.000000105. The summed E-state index contributed by atoms with van der Waals surface area (Å²) in [6, 6.07) is 82.5. The van der Waals surface area contributed by atoms with Gasteiger partial charge in [-0.2, -0.15) is 0 Å². The smallest absolute Gasteiger partial charge is 0.355 e. The second-order valence-electron chi connectivity index (χ2n) is 30.8. The van der Waals surface area contributed by atoms with Crippen molar-refractivity contribution in [3.8, 4) is 23.3 Å². The van der Waals surface area contributed by atoms with E-state index in [9.17, 15) is 0 Å². The molecule has 597 valence electrons. The first-order chi connectivity index (χ1) is 60.8. The van der Waals surface area contributed by atoms with Crippen molar-refractivity contribution >= 4 is 185 Å². The van der Waals surface area contributed by atoms with Gasteiger partial charge in [0.2, 0.25) is 0 Å². The number of nitrogens with one attached hydrogen (secondary N) is 4. The van der Waals surface area contributed by atoms with Crippen molar-refractivity contribution in [1.29, 1.82) is 0 Å². The summed E-state index contributed by atoms with van der Waals surface area (Å²) in [6.07, 6.45) is 39.9. The molecule has 1 radical (unpaired) electrons. The molecule has 0 amide bonds. The minimum absolute atomic E-state index is 0. The fraction of sp³-hybridized carbons (Fsp3) is 0.0385. The molecule has 20 nitrogen and oxygen atoms in total. The quantitative estimate of drug-likeness (QED) is 0.120. The molecule has 24 heterocycles. The Kier molecular flexibility index (Phi) is 20.5. The van der Waals surface area contributed by atoms with Crippen molar-refractivity contribution in [3.63, 3.8) is 0 Å². The van der Waals surface area contributed by atoms with Crippen LogP contribution in [0.4, 0.5) is 0 Å². The number of rotatable bonds is 4. The van der Waals surface area contributed by atoms with Gasteiger partial charge in [-0.05, 0) is 366 Å². The van der Waals surface area contributed by atoms with E-state index >= 15 is 0 Å². The van der Waals surface area contributed by atoms with Gasteiger partial charge in [0.25, 0.3) is 0 Å². The van der Waals surface area contributed by atoms with Crippen molar-refractivity contribution < 1.29 is 17.1 Å². The van der Waals surface area contributed by atoms with E-state index in [0.717, 1.165) is 225 Å². The second kappa shape index (κ2) is 33.3. The number of aryl methyl sites for hydroxylation is 4. The van der Waals surface area contributed by atoms with Gasteiger partial charge in [0.15, 0.2) is 0 Å². The van der Waals surface area contributed by atoms with Crippen LogP contribution in [0.15, 0.2) is 267 Å². The zero-order valence-electron chi connectivity index (χ0n) is 68.1. The van der Waals surface area contributed by atoms with Crippen LogP contribution in [-0.4, -0.2) is 98.0 Å². The average molecular weight is 1660 g/mol. The molecule has 0 spiro atoms. The third-order valence-electron chi connectivity index (χ3n) is 21.7. The normalized spacial score (nSPS) is 12.3. The van der Waals surface area contributed by atoms with Crippen LogP contribution < -0.4 is 0 Å². The van der Waals surface area contributed by atoms with E-state index in [-0.39, 0.29) is 17.1 Å². The van der Waals surface area contributed by atoms with E-state index in [1.165, 1.54) is 0 Å². The number of hydrogen-bond acceptors (Lipinski definition) is 12. The van der Waals surface area contributed by atoms with Crippen LogP contribution in [0.3, 0.4) is 0 Å². The summed E-state index contributed by atoms with van der Waals surface area (Å²) in [5.41, 5.74) is 35.2. The van der Waals surface area contributed by atoms with Gasteiger partial charge in [-0.1, -0.05) is 24.3 Å². The Hall–Kier alpha value is -16.5. The maximum Gasteiger partial charge on any atom is 3.00 e. The van der Waals surface area contributed by atoms with Gasteiger partial charge in [0.05, 0.1) is 91.1 Å². The van der Waals surface area contributed by atoms with Gasteiger partial charge in [-0.15, -0.1) is 0 Å². The Morgan fingerprint density at radius 1 is 0.176 bits per heavy atom. The molecule has 8 aliphatic heterocycles. The van der Waals surface area contributed by atoms with E-state index in [0.29, 0.717) is 0 Å². The Morgan fingerprint density at radius 3 is 0.448 bits per heavy atom. The Bertz CT molecular complexity index is 6780. The van der Waals surface area contributed by atoms with Gasteiger partial charge >= 0.3 is 17.1 Å². The molecule has 0 fully saturated rings. The molecule has 21 heteroatoms. The first kappa shape index (κ1) is 77.1. The Labute approximate surface area is 727 Å². The van der Waals surface area contributed by atoms with Gasteiger partial charge in [0, 0.05) is 113 Å². The molecule has 24 rings (SSSR count). The topological polar surface area (TPSA) is 238 Å². The summed E-state index contributed by atoms with van der Waals surface area (Å²) in [7, 11) is 0. The first-order valence-electron chi connectivity index (χ1n) is 40.8. The maximum absolute atomic E-state index is 4.78. The number of pyridine rings is 4. The minimum Gasteiger partial charge on any atom is -0.355 e. The molecule has 0 aliphatic carbocycles. The fourth-order valence-corrected chi connectivity index (χ4v) is 15.9. The molecule has 0 aromatic carbocycles. The maximum atomic E-state index is 4.78. The van der Waals surface area contributed by atoms with Crippen LogP contribution in [0.2, 0.25) is 0 Å². The van der Waals surface area contributed by atoms with Gasteiger partial charge in [0.1, 0.15) is 23.3 Å². The number of aromatic nitrogens is 20. The van der Waals surface area contributed by atoms with Crippen molar-refractivity contribution in [2.75, 3.05) is 0 Å². The van der Waals surface area contributed by atoms with Crippen LogP contribution >= 0.6 is 0 Å². The van der Waals surface area contributed by atoms with Crippen molar-refractivity contribution in [3.05, 3.63) is 381 Å². The molecule has 0 saturated heterocycles. The van der Waals surface area contributed by atoms with Crippen LogP contribution in [0.1, 0.15) is 113 Å². The molecule has 32 bridgehead atoms. The first-order valence-corrected chi connectivity index (χ1v) is 40.8. The molecule has 16 aromatic rings. The van der Waals surface area contributed by atoms with E-state index in [1.807, 2.05) is 195 Å². The largest absolute Gasteiger partial charge is 3.00 e. The molecule has 16 aromatic heterocycles. The van der Waals surface area contributed by atoms with Crippen LogP contribution in [0.5, 0.6) is 0 Å². The summed E-state index contributed by atoms with van der Waals surface area (Å²) in [6.45, 7) is 8.31. The Morgan fingerprint density at radius 2 is 0.312 bits per heavy atom. The zero-order valence-corrected chi connectivity index (χ0v) is 69.3. The zero-order chi connectivity index (χ0) is 83.1.